The van der Waals surface area contributed by atoms with Gasteiger partial charge in [0.25, 0.3) is 0 Å². The van der Waals surface area contributed by atoms with E-state index in [1.165, 1.54) is 0 Å². The van der Waals surface area contributed by atoms with E-state index in [0.29, 0.717) is 12.5 Å². The molecule has 0 aliphatic rings. The second kappa shape index (κ2) is 9.14. The van der Waals surface area contributed by atoms with Crippen LogP contribution in [0.25, 0.3) is 0 Å². The molecule has 0 aliphatic heterocycles. The fourth-order valence-corrected chi connectivity index (χ4v) is 1.89. The Labute approximate surface area is 147 Å². The number of nitrogens with two attached hydrogens (primary N) is 1. The Morgan fingerprint density at radius 2 is 1.86 bits per heavy atom. The SMILES string of the molecule is COc1cccc(NC(N)=NCc2ccccc2OC)c1.I. The summed E-state index contributed by atoms with van der Waals surface area (Å²) < 4.78 is 10.4. The number of nitrogens with one attached hydrogen (secondary N) is 1. The summed E-state index contributed by atoms with van der Waals surface area (Å²) in [5.74, 6) is 1.90. The molecule has 0 saturated heterocycles. The van der Waals surface area contributed by atoms with Gasteiger partial charge in [-0.2, -0.15) is 0 Å². The van der Waals surface area contributed by atoms with Gasteiger partial charge in [-0.15, -0.1) is 24.0 Å². The summed E-state index contributed by atoms with van der Waals surface area (Å²) in [5.41, 5.74) is 7.71. The van der Waals surface area contributed by atoms with Crippen molar-refractivity contribution < 1.29 is 9.47 Å². The highest BCUT2D eigenvalue weighted by atomic mass is 127. The van der Waals surface area contributed by atoms with E-state index >= 15 is 0 Å². The molecule has 2 aromatic carbocycles. The van der Waals surface area contributed by atoms with Gasteiger partial charge in [0.15, 0.2) is 5.96 Å². The van der Waals surface area contributed by atoms with Gasteiger partial charge in [-0.1, -0.05) is 24.3 Å². The summed E-state index contributed by atoms with van der Waals surface area (Å²) in [4.78, 5) is 4.32. The number of guanidine groups is 1. The highest BCUT2D eigenvalue weighted by Crippen LogP contribution is 2.19. The van der Waals surface area contributed by atoms with Gasteiger partial charge in [-0.3, -0.25) is 0 Å². The Morgan fingerprint density at radius 1 is 1.09 bits per heavy atom. The molecule has 0 spiro atoms. The van der Waals surface area contributed by atoms with Crippen LogP contribution < -0.4 is 20.5 Å². The number of rotatable bonds is 5. The Balaban J connectivity index is 0.00000242. The predicted octanol–water partition coefficient (Wildman–Crippen LogP) is 3.25. The highest BCUT2D eigenvalue weighted by molar-refractivity contribution is 14.0. The molecule has 22 heavy (non-hydrogen) atoms. The Kier molecular flexibility index (Phi) is 7.51. The molecule has 2 rings (SSSR count). The largest absolute Gasteiger partial charge is 0.497 e. The Morgan fingerprint density at radius 3 is 2.59 bits per heavy atom. The summed E-state index contributed by atoms with van der Waals surface area (Å²) in [6, 6.07) is 15.2. The van der Waals surface area contributed by atoms with Crippen LogP contribution in [0.15, 0.2) is 53.5 Å². The number of halogens is 1. The second-order valence-electron chi connectivity index (χ2n) is 4.37. The number of benzene rings is 2. The van der Waals surface area contributed by atoms with Crippen molar-refractivity contribution in [1.29, 1.82) is 0 Å². The fourth-order valence-electron chi connectivity index (χ4n) is 1.89. The zero-order chi connectivity index (χ0) is 15.1. The van der Waals surface area contributed by atoms with Crippen LogP contribution in [0.1, 0.15) is 5.56 Å². The van der Waals surface area contributed by atoms with Crippen LogP contribution in [0.3, 0.4) is 0 Å². The van der Waals surface area contributed by atoms with Crippen LogP contribution in [-0.4, -0.2) is 20.2 Å². The number of aliphatic imine (C=N–C) groups is 1. The van der Waals surface area contributed by atoms with Crippen molar-refractivity contribution in [2.45, 2.75) is 6.54 Å². The molecule has 0 aliphatic carbocycles. The molecule has 0 unspecified atom stereocenters. The molecule has 0 heterocycles. The first kappa shape index (κ1) is 18.1. The van der Waals surface area contributed by atoms with Gasteiger partial charge in [0.1, 0.15) is 11.5 Å². The van der Waals surface area contributed by atoms with Crippen LogP contribution in [0.4, 0.5) is 5.69 Å². The minimum absolute atomic E-state index is 0. The summed E-state index contributed by atoms with van der Waals surface area (Å²) in [7, 11) is 3.26. The van der Waals surface area contributed by atoms with E-state index in [9.17, 15) is 0 Å². The predicted molar refractivity (Wildman–Crippen MR) is 100 cm³/mol. The van der Waals surface area contributed by atoms with Gasteiger partial charge in [0.2, 0.25) is 0 Å². The van der Waals surface area contributed by atoms with Crippen molar-refractivity contribution in [3.63, 3.8) is 0 Å². The molecule has 0 saturated carbocycles. The lowest BCUT2D eigenvalue weighted by Gasteiger charge is -2.08. The van der Waals surface area contributed by atoms with E-state index in [-0.39, 0.29) is 24.0 Å². The van der Waals surface area contributed by atoms with Gasteiger partial charge in [0.05, 0.1) is 20.8 Å². The van der Waals surface area contributed by atoms with E-state index in [1.807, 2.05) is 48.5 Å². The maximum Gasteiger partial charge on any atom is 0.193 e. The maximum atomic E-state index is 5.89. The molecular weight excluding hydrogens is 393 g/mol. The van der Waals surface area contributed by atoms with Gasteiger partial charge in [-0.25, -0.2) is 4.99 Å². The zero-order valence-electron chi connectivity index (χ0n) is 12.6. The van der Waals surface area contributed by atoms with Crippen molar-refractivity contribution >= 4 is 35.6 Å². The monoisotopic (exact) mass is 413 g/mol. The van der Waals surface area contributed by atoms with E-state index in [2.05, 4.69) is 10.3 Å². The van der Waals surface area contributed by atoms with Crippen molar-refractivity contribution in [3.05, 3.63) is 54.1 Å². The zero-order valence-corrected chi connectivity index (χ0v) is 14.9. The number of para-hydroxylation sites is 1. The summed E-state index contributed by atoms with van der Waals surface area (Å²) >= 11 is 0. The smallest absolute Gasteiger partial charge is 0.193 e. The van der Waals surface area contributed by atoms with Gasteiger partial charge in [0, 0.05) is 17.3 Å². The summed E-state index contributed by atoms with van der Waals surface area (Å²) in [6.45, 7) is 0.451. The quantitative estimate of drug-likeness (QED) is 0.449. The number of anilines is 1. The lowest BCUT2D eigenvalue weighted by atomic mass is 10.2. The van der Waals surface area contributed by atoms with Crippen LogP contribution in [-0.2, 0) is 6.54 Å². The first-order chi connectivity index (χ1) is 10.2. The number of methoxy groups -OCH3 is 2. The number of nitrogens with zero attached hydrogens (tertiary/aromatic N) is 1. The van der Waals surface area contributed by atoms with Gasteiger partial charge in [-0.05, 0) is 18.2 Å². The highest BCUT2D eigenvalue weighted by Gasteiger charge is 2.01. The third-order valence-corrected chi connectivity index (χ3v) is 2.95. The minimum atomic E-state index is 0. The van der Waals surface area contributed by atoms with Crippen molar-refractivity contribution in [2.24, 2.45) is 10.7 Å². The van der Waals surface area contributed by atoms with Gasteiger partial charge >= 0.3 is 0 Å². The molecule has 5 nitrogen and oxygen atoms in total. The average Bonchev–Trinajstić information content (AvgIpc) is 2.53. The molecule has 3 N–H and O–H groups in total. The second-order valence-corrected chi connectivity index (χ2v) is 4.37. The molecule has 118 valence electrons. The first-order valence-electron chi connectivity index (χ1n) is 6.56. The standard InChI is InChI=1S/C16H19N3O2.HI/c1-20-14-8-5-7-13(10-14)19-16(17)18-11-12-6-3-4-9-15(12)21-2;/h3-10H,11H2,1-2H3,(H3,17,18,19);1H. The molecule has 0 radical (unpaired) electrons. The molecule has 0 amide bonds. The van der Waals surface area contributed by atoms with Crippen LogP contribution in [0.5, 0.6) is 11.5 Å². The Bertz CT molecular complexity index is 632. The van der Waals surface area contributed by atoms with E-state index < -0.39 is 0 Å². The Hall–Kier alpha value is -1.96. The van der Waals surface area contributed by atoms with E-state index in [4.69, 9.17) is 15.2 Å². The van der Waals surface area contributed by atoms with Crippen LogP contribution in [0, 0.1) is 0 Å². The maximum absolute atomic E-state index is 5.89. The molecule has 2 aromatic rings. The fraction of sp³-hybridized carbons (Fsp3) is 0.188. The topological polar surface area (TPSA) is 68.9 Å². The lowest BCUT2D eigenvalue weighted by Crippen LogP contribution is -2.22. The summed E-state index contributed by atoms with van der Waals surface area (Å²) in [5, 5.41) is 3.03. The van der Waals surface area contributed by atoms with Gasteiger partial charge < -0.3 is 20.5 Å². The van der Waals surface area contributed by atoms with Crippen molar-refractivity contribution in [3.8, 4) is 11.5 Å². The molecular formula is C16H20IN3O2. The minimum Gasteiger partial charge on any atom is -0.497 e. The number of ether oxygens (including phenoxy) is 2. The van der Waals surface area contributed by atoms with E-state index in [1.54, 1.807) is 14.2 Å². The van der Waals surface area contributed by atoms with Crippen LogP contribution >= 0.6 is 24.0 Å². The molecule has 6 heteroatoms. The lowest BCUT2D eigenvalue weighted by molar-refractivity contribution is 0.410. The summed E-state index contributed by atoms with van der Waals surface area (Å²) in [6.07, 6.45) is 0. The molecule has 0 atom stereocenters. The van der Waals surface area contributed by atoms with Crippen molar-refractivity contribution in [2.75, 3.05) is 19.5 Å². The first-order valence-corrected chi connectivity index (χ1v) is 6.56. The van der Waals surface area contributed by atoms with Crippen LogP contribution in [0.2, 0.25) is 0 Å². The molecule has 0 fully saturated rings. The third kappa shape index (κ3) is 5.10. The van der Waals surface area contributed by atoms with E-state index in [0.717, 1.165) is 22.7 Å². The normalized spacial score (nSPS) is 10.5. The van der Waals surface area contributed by atoms with Crippen molar-refractivity contribution in [1.82, 2.24) is 0 Å². The molecule has 0 aromatic heterocycles. The number of hydrogen-bond acceptors (Lipinski definition) is 3. The average molecular weight is 413 g/mol. The number of hydrogen-bond donors (Lipinski definition) is 2. The third-order valence-electron chi connectivity index (χ3n) is 2.95. The molecule has 0 bridgehead atoms.